The van der Waals surface area contributed by atoms with E-state index in [2.05, 4.69) is 0 Å². The molecular formula is C12H12Cl2O2. The van der Waals surface area contributed by atoms with Crippen molar-refractivity contribution in [3.63, 3.8) is 0 Å². The van der Waals surface area contributed by atoms with Crippen LogP contribution in [0.3, 0.4) is 0 Å². The van der Waals surface area contributed by atoms with Crippen LogP contribution in [-0.4, -0.2) is 12.6 Å². The Balaban J connectivity index is 2.11. The maximum absolute atomic E-state index is 11.5. The van der Waals surface area contributed by atoms with Gasteiger partial charge in [0.1, 0.15) is 0 Å². The molecule has 2 atom stereocenters. The maximum Gasteiger partial charge on any atom is 0.309 e. The van der Waals surface area contributed by atoms with Crippen molar-refractivity contribution in [2.75, 3.05) is 6.61 Å². The molecule has 0 unspecified atom stereocenters. The molecule has 16 heavy (non-hydrogen) atoms. The van der Waals surface area contributed by atoms with Crippen LogP contribution in [0.1, 0.15) is 24.8 Å². The second-order valence-corrected chi connectivity index (χ2v) is 4.71. The van der Waals surface area contributed by atoms with Crippen molar-refractivity contribution in [3.05, 3.63) is 33.8 Å². The van der Waals surface area contributed by atoms with E-state index in [1.165, 1.54) is 0 Å². The number of hydrogen-bond acceptors (Lipinski definition) is 2. The van der Waals surface area contributed by atoms with Crippen molar-refractivity contribution < 1.29 is 9.53 Å². The third-order valence-corrected chi connectivity index (χ3v) is 3.32. The average molecular weight is 259 g/mol. The number of esters is 1. The van der Waals surface area contributed by atoms with Gasteiger partial charge in [-0.05, 0) is 43.0 Å². The zero-order chi connectivity index (χ0) is 11.7. The fourth-order valence-electron chi connectivity index (χ4n) is 1.85. The molecule has 0 aliphatic heterocycles. The highest BCUT2D eigenvalue weighted by atomic mass is 35.5. The number of carbonyl (C=O) groups is 1. The van der Waals surface area contributed by atoms with Crippen molar-refractivity contribution >= 4 is 29.2 Å². The maximum atomic E-state index is 11.5. The lowest BCUT2D eigenvalue weighted by Gasteiger charge is -2.04. The number of halogens is 2. The lowest BCUT2D eigenvalue weighted by Crippen LogP contribution is -2.07. The fraction of sp³-hybridized carbons (Fsp3) is 0.417. The minimum Gasteiger partial charge on any atom is -0.466 e. The van der Waals surface area contributed by atoms with E-state index in [1.54, 1.807) is 12.1 Å². The van der Waals surface area contributed by atoms with E-state index in [4.69, 9.17) is 27.9 Å². The van der Waals surface area contributed by atoms with E-state index in [0.29, 0.717) is 16.7 Å². The summed E-state index contributed by atoms with van der Waals surface area (Å²) in [5.74, 6) is -0.00953. The molecule has 0 saturated heterocycles. The summed E-state index contributed by atoms with van der Waals surface area (Å²) in [6.07, 6.45) is 0.804. The van der Waals surface area contributed by atoms with Crippen molar-refractivity contribution in [1.29, 1.82) is 0 Å². The molecule has 1 saturated carbocycles. The number of rotatable bonds is 3. The Morgan fingerprint density at radius 2 is 2.25 bits per heavy atom. The quantitative estimate of drug-likeness (QED) is 0.774. The van der Waals surface area contributed by atoms with Gasteiger partial charge in [0.15, 0.2) is 0 Å². The summed E-state index contributed by atoms with van der Waals surface area (Å²) < 4.78 is 4.97. The van der Waals surface area contributed by atoms with Crippen molar-refractivity contribution in [2.45, 2.75) is 19.3 Å². The highest BCUT2D eigenvalue weighted by molar-refractivity contribution is 6.33. The van der Waals surface area contributed by atoms with Crippen LogP contribution in [0, 0.1) is 5.92 Å². The Labute approximate surface area is 104 Å². The van der Waals surface area contributed by atoms with Crippen LogP contribution in [0.4, 0.5) is 0 Å². The van der Waals surface area contributed by atoms with Gasteiger partial charge in [0.05, 0.1) is 12.5 Å². The van der Waals surface area contributed by atoms with Crippen LogP contribution in [0.25, 0.3) is 0 Å². The molecule has 4 heteroatoms. The molecule has 0 amide bonds. The summed E-state index contributed by atoms with van der Waals surface area (Å²) in [5.41, 5.74) is 0.951. The van der Waals surface area contributed by atoms with Crippen LogP contribution in [0.5, 0.6) is 0 Å². The van der Waals surface area contributed by atoms with Crippen LogP contribution in [0.15, 0.2) is 18.2 Å². The summed E-state index contributed by atoms with van der Waals surface area (Å²) in [5, 5.41) is 1.31. The zero-order valence-electron chi connectivity index (χ0n) is 8.87. The van der Waals surface area contributed by atoms with Gasteiger partial charge in [-0.3, -0.25) is 4.79 Å². The summed E-state index contributed by atoms with van der Waals surface area (Å²) in [6, 6.07) is 5.34. The second-order valence-electron chi connectivity index (χ2n) is 3.87. The fourth-order valence-corrected chi connectivity index (χ4v) is 2.29. The van der Waals surface area contributed by atoms with Gasteiger partial charge in [-0.15, -0.1) is 0 Å². The Morgan fingerprint density at radius 1 is 1.50 bits per heavy atom. The molecular weight excluding hydrogens is 247 g/mol. The van der Waals surface area contributed by atoms with E-state index in [9.17, 15) is 4.79 Å². The van der Waals surface area contributed by atoms with Gasteiger partial charge in [0, 0.05) is 10.0 Å². The van der Waals surface area contributed by atoms with E-state index < -0.39 is 0 Å². The predicted molar refractivity (Wildman–Crippen MR) is 63.9 cm³/mol. The van der Waals surface area contributed by atoms with Crippen molar-refractivity contribution in [1.82, 2.24) is 0 Å². The number of carbonyl (C=O) groups excluding carboxylic acids is 1. The summed E-state index contributed by atoms with van der Waals surface area (Å²) >= 11 is 12.0. The van der Waals surface area contributed by atoms with Gasteiger partial charge in [-0.25, -0.2) is 0 Å². The smallest absolute Gasteiger partial charge is 0.309 e. The monoisotopic (exact) mass is 258 g/mol. The predicted octanol–water partition coefficient (Wildman–Crippen LogP) is 3.66. The molecule has 86 valence electrons. The molecule has 0 aromatic heterocycles. The first-order valence-electron chi connectivity index (χ1n) is 5.25. The van der Waals surface area contributed by atoms with E-state index >= 15 is 0 Å². The summed E-state index contributed by atoms with van der Waals surface area (Å²) in [4.78, 5) is 11.5. The van der Waals surface area contributed by atoms with Crippen molar-refractivity contribution in [2.24, 2.45) is 5.92 Å². The van der Waals surface area contributed by atoms with Gasteiger partial charge in [0.25, 0.3) is 0 Å². The molecule has 1 aliphatic rings. The van der Waals surface area contributed by atoms with E-state index in [1.807, 2.05) is 13.0 Å². The van der Waals surface area contributed by atoms with Crippen LogP contribution < -0.4 is 0 Å². The topological polar surface area (TPSA) is 26.3 Å². The van der Waals surface area contributed by atoms with Gasteiger partial charge in [-0.2, -0.15) is 0 Å². The van der Waals surface area contributed by atoms with Gasteiger partial charge >= 0.3 is 5.97 Å². The third-order valence-electron chi connectivity index (χ3n) is 2.74. The molecule has 1 aromatic rings. The minimum absolute atomic E-state index is 0.0454. The minimum atomic E-state index is -0.136. The first-order chi connectivity index (χ1) is 7.63. The third kappa shape index (κ3) is 2.33. The number of benzene rings is 1. The van der Waals surface area contributed by atoms with Crippen LogP contribution >= 0.6 is 23.2 Å². The second kappa shape index (κ2) is 4.64. The first kappa shape index (κ1) is 11.7. The van der Waals surface area contributed by atoms with Gasteiger partial charge in [-0.1, -0.05) is 23.2 Å². The molecule has 0 bridgehead atoms. The molecule has 1 fully saturated rings. The Kier molecular flexibility index (Phi) is 3.41. The highest BCUT2D eigenvalue weighted by Crippen LogP contribution is 2.50. The largest absolute Gasteiger partial charge is 0.466 e. The molecule has 0 radical (unpaired) electrons. The average Bonchev–Trinajstić information content (AvgIpc) is 3.02. The van der Waals surface area contributed by atoms with Crippen LogP contribution in [0.2, 0.25) is 10.0 Å². The number of ether oxygens (including phenoxy) is 1. The molecule has 0 spiro atoms. The molecule has 2 rings (SSSR count). The summed E-state index contributed by atoms with van der Waals surface area (Å²) in [7, 11) is 0. The standard InChI is InChI=1S/C12H12Cl2O2/c1-2-16-12(15)10-6-8(10)9-5-7(13)3-4-11(9)14/h3-5,8,10H,2,6H2,1H3/t8-,10+/m1/s1. The molecule has 1 aliphatic carbocycles. The Morgan fingerprint density at radius 3 is 2.94 bits per heavy atom. The van der Waals surface area contributed by atoms with Gasteiger partial charge in [0.2, 0.25) is 0 Å². The van der Waals surface area contributed by atoms with E-state index in [0.717, 1.165) is 12.0 Å². The summed E-state index contributed by atoms with van der Waals surface area (Å²) in [6.45, 7) is 2.23. The first-order valence-corrected chi connectivity index (χ1v) is 6.00. The molecule has 0 heterocycles. The molecule has 1 aromatic carbocycles. The van der Waals surface area contributed by atoms with E-state index in [-0.39, 0.29) is 17.8 Å². The SMILES string of the molecule is CCOC(=O)[C@H]1C[C@@H]1c1cc(Cl)ccc1Cl. The molecule has 0 N–H and O–H groups in total. The van der Waals surface area contributed by atoms with Gasteiger partial charge < -0.3 is 4.74 Å². The molecule has 2 nitrogen and oxygen atoms in total. The lowest BCUT2D eigenvalue weighted by atomic mass is 10.1. The highest BCUT2D eigenvalue weighted by Gasteiger charge is 2.46. The zero-order valence-corrected chi connectivity index (χ0v) is 10.4. The lowest BCUT2D eigenvalue weighted by molar-refractivity contribution is -0.144. The Bertz CT molecular complexity index is 417. The van der Waals surface area contributed by atoms with Crippen molar-refractivity contribution in [3.8, 4) is 0 Å². The number of hydrogen-bond donors (Lipinski definition) is 0. The van der Waals surface area contributed by atoms with Crippen LogP contribution in [-0.2, 0) is 9.53 Å². The Hall–Kier alpha value is -0.730. The normalized spacial score (nSPS) is 22.9.